The van der Waals surface area contributed by atoms with Gasteiger partial charge in [-0.15, -0.1) is 0 Å². The first-order chi connectivity index (χ1) is 12.7. The molecule has 0 saturated heterocycles. The molecule has 0 aliphatic heterocycles. The molecule has 3 rings (SSSR count). The van der Waals surface area contributed by atoms with E-state index in [1.807, 2.05) is 52.0 Å². The van der Waals surface area contributed by atoms with Crippen LogP contribution in [-0.2, 0) is 5.41 Å². The minimum absolute atomic E-state index is 0.113. The molecule has 0 fully saturated rings. The second kappa shape index (κ2) is 7.40. The van der Waals surface area contributed by atoms with Crippen molar-refractivity contribution in [2.75, 3.05) is 0 Å². The zero-order chi connectivity index (χ0) is 19.6. The van der Waals surface area contributed by atoms with Gasteiger partial charge in [-0.05, 0) is 36.8 Å². The highest BCUT2D eigenvalue weighted by Gasteiger charge is 2.19. The molecule has 0 aliphatic rings. The van der Waals surface area contributed by atoms with Crippen LogP contribution in [-0.4, -0.2) is 22.3 Å². The molecule has 0 radical (unpaired) electrons. The Morgan fingerprint density at radius 2 is 2.04 bits per heavy atom. The van der Waals surface area contributed by atoms with Gasteiger partial charge in [-0.2, -0.15) is 10.2 Å². The van der Waals surface area contributed by atoms with Crippen LogP contribution in [0, 0.1) is 6.92 Å². The van der Waals surface area contributed by atoms with Crippen molar-refractivity contribution in [1.29, 1.82) is 0 Å². The highest BCUT2D eigenvalue weighted by atomic mass is 35.5. The summed E-state index contributed by atoms with van der Waals surface area (Å²) < 4.78 is 5.72. The summed E-state index contributed by atoms with van der Waals surface area (Å²) in [7, 11) is 0. The van der Waals surface area contributed by atoms with Gasteiger partial charge in [0.25, 0.3) is 5.91 Å². The topological polar surface area (TPSA) is 83.3 Å². The van der Waals surface area contributed by atoms with E-state index in [-0.39, 0.29) is 11.1 Å². The number of aromatic amines is 1. The van der Waals surface area contributed by atoms with Crippen LogP contribution in [0.15, 0.2) is 45.9 Å². The third-order valence-electron chi connectivity index (χ3n) is 4.06. The van der Waals surface area contributed by atoms with E-state index in [1.165, 1.54) is 6.21 Å². The fraction of sp³-hybridized carbons (Fsp3) is 0.250. The number of furan rings is 1. The van der Waals surface area contributed by atoms with Crippen LogP contribution in [0.25, 0.3) is 11.3 Å². The Bertz CT molecular complexity index is 996. The number of carbonyl (C=O) groups is 1. The third-order valence-corrected chi connectivity index (χ3v) is 4.47. The first kappa shape index (κ1) is 18.9. The van der Waals surface area contributed by atoms with Crippen molar-refractivity contribution < 1.29 is 9.21 Å². The van der Waals surface area contributed by atoms with E-state index in [2.05, 4.69) is 20.7 Å². The van der Waals surface area contributed by atoms with Crippen molar-refractivity contribution in [3.8, 4) is 11.3 Å². The lowest BCUT2D eigenvalue weighted by Gasteiger charge is -2.14. The molecule has 0 unspecified atom stereocenters. The smallest absolute Gasteiger partial charge is 0.291 e. The fourth-order valence-corrected chi connectivity index (χ4v) is 2.54. The maximum absolute atomic E-state index is 12.1. The van der Waals surface area contributed by atoms with Crippen molar-refractivity contribution in [1.82, 2.24) is 15.6 Å². The number of hydrogen-bond acceptors (Lipinski definition) is 4. The minimum atomic E-state index is -0.393. The first-order valence-electron chi connectivity index (χ1n) is 8.50. The van der Waals surface area contributed by atoms with Gasteiger partial charge < -0.3 is 4.42 Å². The summed E-state index contributed by atoms with van der Waals surface area (Å²) in [4.78, 5) is 12.1. The molecule has 0 saturated carbocycles. The summed E-state index contributed by atoms with van der Waals surface area (Å²) in [6.07, 6.45) is 1.44. The maximum Gasteiger partial charge on any atom is 0.291 e. The number of nitrogens with one attached hydrogen (secondary N) is 2. The maximum atomic E-state index is 12.1. The quantitative estimate of drug-likeness (QED) is 0.505. The summed E-state index contributed by atoms with van der Waals surface area (Å²) in [5.41, 5.74) is 5.37. The van der Waals surface area contributed by atoms with Crippen molar-refractivity contribution in [3.05, 3.63) is 64.1 Å². The lowest BCUT2D eigenvalue weighted by atomic mass is 9.92. The average molecular weight is 385 g/mol. The van der Waals surface area contributed by atoms with Gasteiger partial charge in [0.2, 0.25) is 0 Å². The van der Waals surface area contributed by atoms with Crippen molar-refractivity contribution >= 4 is 23.7 Å². The molecule has 27 heavy (non-hydrogen) atoms. The largest absolute Gasteiger partial charge is 0.455 e. The molecular formula is C20H21ClN4O2. The lowest BCUT2D eigenvalue weighted by Crippen LogP contribution is -2.18. The van der Waals surface area contributed by atoms with Gasteiger partial charge in [0.1, 0.15) is 11.5 Å². The third kappa shape index (κ3) is 4.46. The number of benzene rings is 1. The Hall–Kier alpha value is -2.86. The zero-order valence-electron chi connectivity index (χ0n) is 15.6. The molecule has 6 nitrogen and oxygen atoms in total. The van der Waals surface area contributed by atoms with Gasteiger partial charge in [0, 0.05) is 21.7 Å². The highest BCUT2D eigenvalue weighted by molar-refractivity contribution is 6.31. The normalized spacial score (nSPS) is 11.9. The monoisotopic (exact) mass is 384 g/mol. The Morgan fingerprint density at radius 3 is 2.70 bits per heavy atom. The predicted molar refractivity (Wildman–Crippen MR) is 106 cm³/mol. The van der Waals surface area contributed by atoms with Gasteiger partial charge in [-0.3, -0.25) is 9.89 Å². The van der Waals surface area contributed by atoms with E-state index in [1.54, 1.807) is 12.1 Å². The molecule has 7 heteroatoms. The summed E-state index contributed by atoms with van der Waals surface area (Å²) in [6.45, 7) is 8.06. The number of halogens is 1. The molecule has 0 aliphatic carbocycles. The Morgan fingerprint density at radius 1 is 1.26 bits per heavy atom. The lowest BCUT2D eigenvalue weighted by molar-refractivity contribution is 0.0950. The van der Waals surface area contributed by atoms with Crippen LogP contribution in [0.1, 0.15) is 48.3 Å². The zero-order valence-corrected chi connectivity index (χ0v) is 16.4. The van der Waals surface area contributed by atoms with Gasteiger partial charge in [-0.1, -0.05) is 44.5 Å². The average Bonchev–Trinajstić information content (AvgIpc) is 3.26. The van der Waals surface area contributed by atoms with Gasteiger partial charge in [0.05, 0.1) is 6.21 Å². The van der Waals surface area contributed by atoms with Crippen LogP contribution >= 0.6 is 11.6 Å². The van der Waals surface area contributed by atoms with Crippen molar-refractivity contribution in [2.45, 2.75) is 33.1 Å². The SMILES string of the molecule is Cc1ccc(-c2ccc(C=NNC(=O)c3cc(C(C)(C)C)[nH]n3)o2)cc1Cl. The van der Waals surface area contributed by atoms with Gasteiger partial charge >= 0.3 is 0 Å². The van der Waals surface area contributed by atoms with E-state index in [0.717, 1.165) is 16.8 Å². The Kier molecular flexibility index (Phi) is 5.19. The van der Waals surface area contributed by atoms with E-state index in [9.17, 15) is 4.79 Å². The molecule has 3 aromatic rings. The number of aromatic nitrogens is 2. The minimum Gasteiger partial charge on any atom is -0.455 e. The van der Waals surface area contributed by atoms with Crippen LogP contribution in [0.3, 0.4) is 0 Å². The molecule has 0 bridgehead atoms. The standard InChI is InChI=1S/C20H21ClN4O2/c1-12-5-6-13(9-15(12)21)17-8-7-14(27-17)11-22-25-19(26)16-10-18(24-23-16)20(2,3)4/h5-11H,1-4H3,(H,23,24)(H,25,26). The number of hydrogen-bond donors (Lipinski definition) is 2. The molecule has 2 heterocycles. The van der Waals surface area contributed by atoms with E-state index >= 15 is 0 Å². The second-order valence-corrected chi connectivity index (χ2v) is 7.69. The highest BCUT2D eigenvalue weighted by Crippen LogP contribution is 2.26. The van der Waals surface area contributed by atoms with Crippen LogP contribution in [0.2, 0.25) is 5.02 Å². The van der Waals surface area contributed by atoms with Gasteiger partial charge in [0.15, 0.2) is 5.69 Å². The molecule has 0 spiro atoms. The number of carbonyl (C=O) groups excluding carboxylic acids is 1. The number of H-pyrrole nitrogens is 1. The summed E-state index contributed by atoms with van der Waals surface area (Å²) >= 11 is 6.15. The molecule has 2 N–H and O–H groups in total. The fourth-order valence-electron chi connectivity index (χ4n) is 2.36. The first-order valence-corrected chi connectivity index (χ1v) is 8.87. The van der Waals surface area contributed by atoms with Crippen LogP contribution < -0.4 is 5.43 Å². The van der Waals surface area contributed by atoms with Gasteiger partial charge in [-0.25, -0.2) is 5.43 Å². The van der Waals surface area contributed by atoms with Crippen molar-refractivity contribution in [2.24, 2.45) is 5.10 Å². The Labute approximate surface area is 162 Å². The number of nitrogens with zero attached hydrogens (tertiary/aromatic N) is 2. The van der Waals surface area contributed by atoms with Crippen molar-refractivity contribution in [3.63, 3.8) is 0 Å². The van der Waals surface area contributed by atoms with E-state index in [0.29, 0.717) is 16.5 Å². The predicted octanol–water partition coefficient (Wildman–Crippen LogP) is 4.69. The van der Waals surface area contributed by atoms with Crippen LogP contribution in [0.4, 0.5) is 0 Å². The molecule has 2 aromatic heterocycles. The molecule has 140 valence electrons. The molecular weight excluding hydrogens is 364 g/mol. The molecule has 1 aromatic carbocycles. The van der Waals surface area contributed by atoms with Crippen LogP contribution in [0.5, 0.6) is 0 Å². The summed E-state index contributed by atoms with van der Waals surface area (Å²) in [5.74, 6) is 0.793. The van der Waals surface area contributed by atoms with E-state index in [4.69, 9.17) is 16.0 Å². The number of aryl methyl sites for hydroxylation is 1. The second-order valence-electron chi connectivity index (χ2n) is 7.28. The molecule has 0 atom stereocenters. The number of amides is 1. The molecule has 1 amide bonds. The van der Waals surface area contributed by atoms with E-state index < -0.39 is 5.91 Å². The summed E-state index contributed by atoms with van der Waals surface area (Å²) in [6, 6.07) is 11.0. The summed E-state index contributed by atoms with van der Waals surface area (Å²) in [5, 5.41) is 11.5. The number of hydrazone groups is 1. The number of rotatable bonds is 4. The Balaban J connectivity index is 1.65.